The van der Waals surface area contributed by atoms with Gasteiger partial charge in [-0.15, -0.1) is 0 Å². The highest BCUT2D eigenvalue weighted by molar-refractivity contribution is 5.37. The van der Waals surface area contributed by atoms with E-state index in [0.717, 1.165) is 38.1 Å². The van der Waals surface area contributed by atoms with E-state index in [-0.39, 0.29) is 5.41 Å². The van der Waals surface area contributed by atoms with Crippen molar-refractivity contribution in [1.29, 1.82) is 5.26 Å². The minimum Gasteiger partial charge on any atom is -0.494 e. The maximum Gasteiger partial charge on any atom is 0.119 e. The highest BCUT2D eigenvalue weighted by atomic mass is 16.5. The number of hydrogen-bond donors (Lipinski definition) is 1. The van der Waals surface area contributed by atoms with Gasteiger partial charge in [0, 0.05) is 6.42 Å². The van der Waals surface area contributed by atoms with Gasteiger partial charge in [-0.05, 0) is 74.9 Å². The van der Waals surface area contributed by atoms with Crippen LogP contribution in [0.15, 0.2) is 18.2 Å². The van der Waals surface area contributed by atoms with Crippen molar-refractivity contribution in [2.75, 3.05) is 19.7 Å². The molecular formula is C18H24N2O. The molecule has 0 radical (unpaired) electrons. The van der Waals surface area contributed by atoms with Crippen LogP contribution in [-0.2, 0) is 12.8 Å². The van der Waals surface area contributed by atoms with Crippen LogP contribution in [0.4, 0.5) is 0 Å². The largest absolute Gasteiger partial charge is 0.494 e. The van der Waals surface area contributed by atoms with Crippen LogP contribution in [0.2, 0.25) is 0 Å². The molecule has 0 bridgehead atoms. The molecule has 3 rings (SSSR count). The van der Waals surface area contributed by atoms with Crippen molar-refractivity contribution in [1.82, 2.24) is 5.32 Å². The van der Waals surface area contributed by atoms with Gasteiger partial charge in [0.25, 0.3) is 0 Å². The van der Waals surface area contributed by atoms with Crippen molar-refractivity contribution >= 4 is 0 Å². The normalized spacial score (nSPS) is 20.3. The van der Waals surface area contributed by atoms with Gasteiger partial charge < -0.3 is 10.1 Å². The zero-order valence-corrected chi connectivity index (χ0v) is 12.7. The SMILES string of the molecule is N#CC1(CCOc2ccc3c(c2)CCCC3)CCNCC1. The Hall–Kier alpha value is -1.53. The average molecular weight is 284 g/mol. The maximum atomic E-state index is 9.46. The number of nitriles is 1. The van der Waals surface area contributed by atoms with E-state index in [1.807, 2.05) is 0 Å². The molecule has 1 N–H and O–H groups in total. The number of nitrogens with zero attached hydrogens (tertiary/aromatic N) is 1. The van der Waals surface area contributed by atoms with Crippen molar-refractivity contribution in [3.63, 3.8) is 0 Å². The Balaban J connectivity index is 1.56. The summed E-state index contributed by atoms with van der Waals surface area (Å²) >= 11 is 0. The molecule has 1 aliphatic heterocycles. The molecule has 1 aromatic rings. The number of piperidine rings is 1. The number of rotatable bonds is 4. The van der Waals surface area contributed by atoms with Crippen LogP contribution in [0.1, 0.15) is 43.2 Å². The van der Waals surface area contributed by atoms with Crippen molar-refractivity contribution in [3.8, 4) is 11.8 Å². The molecule has 2 aliphatic rings. The lowest BCUT2D eigenvalue weighted by Gasteiger charge is -2.31. The van der Waals surface area contributed by atoms with Gasteiger partial charge in [-0.1, -0.05) is 6.07 Å². The van der Waals surface area contributed by atoms with Crippen LogP contribution < -0.4 is 10.1 Å². The summed E-state index contributed by atoms with van der Waals surface area (Å²) in [6, 6.07) is 9.04. The number of hydrogen-bond acceptors (Lipinski definition) is 3. The first-order valence-corrected chi connectivity index (χ1v) is 8.18. The Kier molecular flexibility index (Phi) is 4.45. The highest BCUT2D eigenvalue weighted by Gasteiger charge is 2.31. The number of ether oxygens (including phenoxy) is 1. The summed E-state index contributed by atoms with van der Waals surface area (Å²) in [6.07, 6.45) is 7.71. The van der Waals surface area contributed by atoms with Crippen LogP contribution in [0.5, 0.6) is 5.75 Å². The molecule has 21 heavy (non-hydrogen) atoms. The summed E-state index contributed by atoms with van der Waals surface area (Å²) in [5.41, 5.74) is 2.76. The molecule has 1 saturated heterocycles. The van der Waals surface area contributed by atoms with Crippen molar-refractivity contribution in [3.05, 3.63) is 29.3 Å². The van der Waals surface area contributed by atoms with Gasteiger partial charge in [-0.3, -0.25) is 0 Å². The summed E-state index contributed by atoms with van der Waals surface area (Å²) in [6.45, 7) is 2.55. The third kappa shape index (κ3) is 3.39. The van der Waals surface area contributed by atoms with E-state index in [4.69, 9.17) is 4.74 Å². The second kappa shape index (κ2) is 6.49. The van der Waals surface area contributed by atoms with Crippen LogP contribution in [0, 0.1) is 16.7 Å². The molecule has 0 amide bonds. The fourth-order valence-corrected chi connectivity index (χ4v) is 3.49. The maximum absolute atomic E-state index is 9.46. The van der Waals surface area contributed by atoms with Gasteiger partial charge in [-0.25, -0.2) is 0 Å². The lowest BCUT2D eigenvalue weighted by molar-refractivity contribution is 0.201. The van der Waals surface area contributed by atoms with E-state index in [1.165, 1.54) is 36.8 Å². The first kappa shape index (κ1) is 14.4. The lowest BCUT2D eigenvalue weighted by Crippen LogP contribution is -2.36. The molecule has 0 unspecified atom stereocenters. The van der Waals surface area contributed by atoms with Crippen molar-refractivity contribution in [2.45, 2.75) is 44.9 Å². The number of fused-ring (bicyclic) bond motifs is 1. The van der Waals surface area contributed by atoms with E-state index >= 15 is 0 Å². The molecule has 3 heteroatoms. The summed E-state index contributed by atoms with van der Waals surface area (Å²) in [5.74, 6) is 0.970. The van der Waals surface area contributed by atoms with E-state index in [1.54, 1.807) is 0 Å². The first-order valence-electron chi connectivity index (χ1n) is 8.18. The van der Waals surface area contributed by atoms with Crippen LogP contribution in [-0.4, -0.2) is 19.7 Å². The van der Waals surface area contributed by atoms with Gasteiger partial charge in [0.15, 0.2) is 0 Å². The van der Waals surface area contributed by atoms with E-state index in [0.29, 0.717) is 6.61 Å². The fraction of sp³-hybridized carbons (Fsp3) is 0.611. The highest BCUT2D eigenvalue weighted by Crippen LogP contribution is 2.32. The Morgan fingerprint density at radius 3 is 2.67 bits per heavy atom. The van der Waals surface area contributed by atoms with E-state index < -0.39 is 0 Å². The van der Waals surface area contributed by atoms with Crippen molar-refractivity contribution < 1.29 is 4.74 Å². The molecule has 0 aromatic heterocycles. The Labute approximate surface area is 127 Å². The molecule has 1 aliphatic carbocycles. The topological polar surface area (TPSA) is 45.0 Å². The molecule has 1 fully saturated rings. The standard InChI is InChI=1S/C18H24N2O/c19-14-18(7-10-20-11-8-18)9-12-21-17-6-5-15-3-1-2-4-16(15)13-17/h5-6,13,20H,1-4,7-12H2. The Bertz CT molecular complexity index is 527. The average Bonchev–Trinajstić information content (AvgIpc) is 2.55. The summed E-state index contributed by atoms with van der Waals surface area (Å²) in [5, 5.41) is 12.8. The molecule has 1 aromatic carbocycles. The fourth-order valence-electron chi connectivity index (χ4n) is 3.49. The van der Waals surface area contributed by atoms with Gasteiger partial charge in [0.2, 0.25) is 0 Å². The Morgan fingerprint density at radius 2 is 1.90 bits per heavy atom. The molecular weight excluding hydrogens is 260 g/mol. The molecule has 0 atom stereocenters. The molecule has 112 valence electrons. The minimum absolute atomic E-state index is 0.181. The van der Waals surface area contributed by atoms with Gasteiger partial charge in [-0.2, -0.15) is 5.26 Å². The number of benzene rings is 1. The van der Waals surface area contributed by atoms with Crippen LogP contribution >= 0.6 is 0 Å². The van der Waals surface area contributed by atoms with Gasteiger partial charge in [0.1, 0.15) is 5.75 Å². The van der Waals surface area contributed by atoms with Crippen LogP contribution in [0.3, 0.4) is 0 Å². The second-order valence-corrected chi connectivity index (χ2v) is 6.38. The summed E-state index contributed by atoms with van der Waals surface area (Å²) in [4.78, 5) is 0. The molecule has 0 spiro atoms. The smallest absolute Gasteiger partial charge is 0.119 e. The lowest BCUT2D eigenvalue weighted by atomic mass is 9.78. The predicted octanol–water partition coefficient (Wildman–Crippen LogP) is 3.23. The number of nitrogens with one attached hydrogen (secondary N) is 1. The van der Waals surface area contributed by atoms with Crippen LogP contribution in [0.25, 0.3) is 0 Å². The zero-order valence-electron chi connectivity index (χ0n) is 12.7. The van der Waals surface area contributed by atoms with Gasteiger partial charge in [0.05, 0.1) is 18.1 Å². The quantitative estimate of drug-likeness (QED) is 0.923. The Morgan fingerprint density at radius 1 is 1.14 bits per heavy atom. The molecule has 3 nitrogen and oxygen atoms in total. The van der Waals surface area contributed by atoms with Crippen molar-refractivity contribution in [2.24, 2.45) is 5.41 Å². The van der Waals surface area contributed by atoms with E-state index in [2.05, 4.69) is 29.6 Å². The monoisotopic (exact) mass is 284 g/mol. The minimum atomic E-state index is -0.181. The zero-order chi connectivity index (χ0) is 14.5. The summed E-state index contributed by atoms with van der Waals surface area (Å²) in [7, 11) is 0. The predicted molar refractivity (Wildman–Crippen MR) is 83.3 cm³/mol. The van der Waals surface area contributed by atoms with E-state index in [9.17, 15) is 5.26 Å². The number of aryl methyl sites for hydroxylation is 2. The third-order valence-corrected chi connectivity index (χ3v) is 4.97. The van der Waals surface area contributed by atoms with Gasteiger partial charge >= 0.3 is 0 Å². The second-order valence-electron chi connectivity index (χ2n) is 6.38. The molecule has 1 heterocycles. The summed E-state index contributed by atoms with van der Waals surface area (Å²) < 4.78 is 5.93. The first-order chi connectivity index (χ1) is 10.3. The molecule has 0 saturated carbocycles. The third-order valence-electron chi connectivity index (χ3n) is 4.97.